The number of halogens is 1. The van der Waals surface area contributed by atoms with E-state index >= 15 is 0 Å². The van der Waals surface area contributed by atoms with E-state index in [0.717, 1.165) is 36.7 Å². The first kappa shape index (κ1) is 14.3. The fourth-order valence-electron chi connectivity index (χ4n) is 2.57. The van der Waals surface area contributed by atoms with E-state index in [1.165, 1.54) is 43.4 Å². The molecule has 0 aromatic carbocycles. The standard InChI is InChI=1S/C14H22BrNOS/c15-10-5-3-1-2-4-6-11-16-14(17)12-8-7-9-13(12)18-16/h1-11H2. The topological polar surface area (TPSA) is 22.0 Å². The smallest absolute Gasteiger partial charge is 0.264 e. The van der Waals surface area contributed by atoms with Crippen LogP contribution in [0.5, 0.6) is 0 Å². The monoisotopic (exact) mass is 331 g/mol. The van der Waals surface area contributed by atoms with Crippen molar-refractivity contribution in [3.05, 3.63) is 20.8 Å². The van der Waals surface area contributed by atoms with Crippen LogP contribution in [0.1, 0.15) is 55.4 Å². The average molecular weight is 332 g/mol. The molecule has 0 bridgehead atoms. The van der Waals surface area contributed by atoms with Gasteiger partial charge in [-0.15, -0.1) is 0 Å². The van der Waals surface area contributed by atoms with E-state index in [1.54, 1.807) is 11.5 Å². The van der Waals surface area contributed by atoms with Crippen molar-refractivity contribution in [2.75, 3.05) is 5.33 Å². The van der Waals surface area contributed by atoms with Gasteiger partial charge in [-0.3, -0.25) is 8.75 Å². The van der Waals surface area contributed by atoms with Crippen molar-refractivity contribution in [3.8, 4) is 0 Å². The molecular formula is C14H22BrNOS. The Morgan fingerprint density at radius 3 is 2.50 bits per heavy atom. The van der Waals surface area contributed by atoms with Gasteiger partial charge in [0.2, 0.25) is 0 Å². The summed E-state index contributed by atoms with van der Waals surface area (Å²) in [6.07, 6.45) is 11.0. The normalized spacial score (nSPS) is 14.1. The first-order chi connectivity index (χ1) is 8.83. The molecule has 1 aliphatic rings. The van der Waals surface area contributed by atoms with Crippen LogP contribution >= 0.6 is 27.5 Å². The minimum absolute atomic E-state index is 0.312. The third-order valence-corrected chi connectivity index (χ3v) is 5.42. The average Bonchev–Trinajstić information content (AvgIpc) is 2.93. The largest absolute Gasteiger partial charge is 0.268 e. The summed E-state index contributed by atoms with van der Waals surface area (Å²) in [7, 11) is 0. The highest BCUT2D eigenvalue weighted by Gasteiger charge is 2.19. The molecule has 1 aromatic rings. The Morgan fingerprint density at radius 1 is 1.06 bits per heavy atom. The predicted molar refractivity (Wildman–Crippen MR) is 82.1 cm³/mol. The van der Waals surface area contributed by atoms with Gasteiger partial charge >= 0.3 is 0 Å². The number of hydrogen-bond acceptors (Lipinski definition) is 2. The lowest BCUT2D eigenvalue weighted by Gasteiger charge is -2.02. The first-order valence-electron chi connectivity index (χ1n) is 7.11. The lowest BCUT2D eigenvalue weighted by molar-refractivity contribution is 0.569. The Labute approximate surface area is 122 Å². The Kier molecular flexibility index (Phi) is 5.96. The van der Waals surface area contributed by atoms with Crippen LogP contribution in [0, 0.1) is 0 Å². The Bertz CT molecular complexity index is 424. The van der Waals surface area contributed by atoms with Crippen LogP contribution in [0.25, 0.3) is 0 Å². The van der Waals surface area contributed by atoms with E-state index in [9.17, 15) is 4.79 Å². The summed E-state index contributed by atoms with van der Waals surface area (Å²) in [6.45, 7) is 0.939. The molecule has 0 radical (unpaired) electrons. The number of fused-ring (bicyclic) bond motifs is 1. The molecule has 0 saturated carbocycles. The highest BCUT2D eigenvalue weighted by atomic mass is 79.9. The molecule has 2 rings (SSSR count). The van der Waals surface area contributed by atoms with E-state index in [4.69, 9.17) is 0 Å². The molecule has 1 aromatic heterocycles. The second kappa shape index (κ2) is 7.49. The summed E-state index contributed by atoms with van der Waals surface area (Å²) in [5, 5.41) is 1.13. The molecule has 1 aliphatic carbocycles. The number of unbranched alkanes of at least 4 members (excludes halogenated alkanes) is 5. The summed E-state index contributed by atoms with van der Waals surface area (Å²) >= 11 is 5.17. The molecule has 0 aliphatic heterocycles. The van der Waals surface area contributed by atoms with Gasteiger partial charge in [0.25, 0.3) is 5.56 Å². The van der Waals surface area contributed by atoms with Crippen LogP contribution in [0.3, 0.4) is 0 Å². The molecule has 0 atom stereocenters. The zero-order valence-corrected chi connectivity index (χ0v) is 13.3. The van der Waals surface area contributed by atoms with Crippen molar-refractivity contribution in [1.82, 2.24) is 3.96 Å². The summed E-state index contributed by atoms with van der Waals surface area (Å²) < 4.78 is 1.99. The van der Waals surface area contributed by atoms with E-state index in [-0.39, 0.29) is 0 Å². The van der Waals surface area contributed by atoms with Crippen LogP contribution in [0.4, 0.5) is 0 Å². The van der Waals surface area contributed by atoms with Gasteiger partial charge in [-0.05, 0) is 32.1 Å². The maximum atomic E-state index is 12.0. The van der Waals surface area contributed by atoms with Crippen molar-refractivity contribution >= 4 is 27.5 Å². The number of alkyl halides is 1. The summed E-state index contributed by atoms with van der Waals surface area (Å²) in [5.74, 6) is 0. The summed E-state index contributed by atoms with van der Waals surface area (Å²) in [5.41, 5.74) is 1.43. The molecular weight excluding hydrogens is 310 g/mol. The van der Waals surface area contributed by atoms with Gasteiger partial charge in [0.15, 0.2) is 0 Å². The van der Waals surface area contributed by atoms with Crippen LogP contribution < -0.4 is 5.56 Å². The van der Waals surface area contributed by atoms with Gasteiger partial charge in [-0.2, -0.15) is 0 Å². The second-order valence-electron chi connectivity index (χ2n) is 5.06. The lowest BCUT2D eigenvalue weighted by atomic mass is 10.1. The molecule has 0 spiro atoms. The molecule has 0 amide bonds. The fourth-order valence-corrected chi connectivity index (χ4v) is 4.18. The van der Waals surface area contributed by atoms with Gasteiger partial charge in [0.05, 0.1) is 0 Å². The van der Waals surface area contributed by atoms with E-state index in [1.807, 2.05) is 3.96 Å². The van der Waals surface area contributed by atoms with E-state index in [0.29, 0.717) is 5.56 Å². The molecule has 0 fully saturated rings. The third-order valence-electron chi connectivity index (χ3n) is 3.62. The van der Waals surface area contributed by atoms with Crippen molar-refractivity contribution in [1.29, 1.82) is 0 Å². The van der Waals surface area contributed by atoms with Crippen LogP contribution in [-0.2, 0) is 19.4 Å². The van der Waals surface area contributed by atoms with Crippen molar-refractivity contribution in [2.24, 2.45) is 0 Å². The Morgan fingerprint density at radius 2 is 1.78 bits per heavy atom. The van der Waals surface area contributed by atoms with Gasteiger partial charge in [-0.1, -0.05) is 53.1 Å². The zero-order valence-electron chi connectivity index (χ0n) is 10.9. The third kappa shape index (κ3) is 3.70. The highest BCUT2D eigenvalue weighted by molar-refractivity contribution is 9.09. The molecule has 2 nitrogen and oxygen atoms in total. The Hall–Kier alpha value is -0.0900. The molecule has 0 saturated heterocycles. The molecule has 18 heavy (non-hydrogen) atoms. The maximum Gasteiger partial charge on any atom is 0.264 e. The number of hydrogen-bond donors (Lipinski definition) is 0. The Balaban J connectivity index is 1.67. The summed E-state index contributed by atoms with van der Waals surface area (Å²) in [6, 6.07) is 0. The molecule has 0 N–H and O–H groups in total. The fraction of sp³-hybridized carbons (Fsp3) is 0.786. The van der Waals surface area contributed by atoms with E-state index < -0.39 is 0 Å². The van der Waals surface area contributed by atoms with Crippen LogP contribution in [0.2, 0.25) is 0 Å². The minimum Gasteiger partial charge on any atom is -0.268 e. The van der Waals surface area contributed by atoms with Crippen molar-refractivity contribution in [2.45, 2.75) is 64.3 Å². The molecule has 1 heterocycles. The zero-order chi connectivity index (χ0) is 12.8. The number of nitrogens with zero attached hydrogens (tertiary/aromatic N) is 1. The van der Waals surface area contributed by atoms with Gasteiger partial charge in [-0.25, -0.2) is 0 Å². The maximum absolute atomic E-state index is 12.0. The number of rotatable bonds is 8. The van der Waals surface area contributed by atoms with Gasteiger partial charge in [0.1, 0.15) is 0 Å². The molecule has 0 unspecified atom stereocenters. The minimum atomic E-state index is 0.312. The van der Waals surface area contributed by atoms with Gasteiger partial charge in [0, 0.05) is 22.3 Å². The quantitative estimate of drug-likeness (QED) is 0.518. The number of aryl methyl sites for hydroxylation is 2. The molecule has 4 heteroatoms. The van der Waals surface area contributed by atoms with Gasteiger partial charge < -0.3 is 0 Å². The SMILES string of the molecule is O=c1c2c(sn1CCCCCCCCBr)CCC2. The van der Waals surface area contributed by atoms with E-state index in [2.05, 4.69) is 15.9 Å². The highest BCUT2D eigenvalue weighted by Crippen LogP contribution is 2.23. The molecule has 102 valence electrons. The summed E-state index contributed by atoms with van der Waals surface area (Å²) in [4.78, 5) is 13.4. The number of aromatic nitrogens is 1. The van der Waals surface area contributed by atoms with Crippen molar-refractivity contribution < 1.29 is 0 Å². The van der Waals surface area contributed by atoms with Crippen LogP contribution in [0.15, 0.2) is 4.79 Å². The first-order valence-corrected chi connectivity index (χ1v) is 9.00. The van der Waals surface area contributed by atoms with Crippen LogP contribution in [-0.4, -0.2) is 9.29 Å². The lowest BCUT2D eigenvalue weighted by Crippen LogP contribution is -2.16. The van der Waals surface area contributed by atoms with Crippen molar-refractivity contribution in [3.63, 3.8) is 0 Å². The second-order valence-corrected chi connectivity index (χ2v) is 6.97. The predicted octanol–water partition coefficient (Wildman–Crippen LogP) is 4.13.